The largest absolute Gasteiger partial charge is 0.481 e. The molecule has 0 atom stereocenters. The molecule has 6 heteroatoms. The summed E-state index contributed by atoms with van der Waals surface area (Å²) in [7, 11) is 0. The van der Waals surface area contributed by atoms with Gasteiger partial charge in [0.25, 0.3) is 0 Å². The zero-order valence-electron chi connectivity index (χ0n) is 7.85. The minimum Gasteiger partial charge on any atom is -0.481 e. The number of thiophene rings is 1. The first-order valence-corrected chi connectivity index (χ1v) is 5.93. The molecule has 1 rings (SSSR count). The maximum absolute atomic E-state index is 10.8. The van der Waals surface area contributed by atoms with Gasteiger partial charge in [-0.2, -0.15) is 0 Å². The standard InChI is InChI=1S/C9H10BrNO3S/c10-7-3-4-8(15-7)11(6-12)5-1-2-9(13)14/h3-4,6H,1-2,5H2,(H,13,14). The quantitative estimate of drug-likeness (QED) is 0.819. The average molecular weight is 292 g/mol. The van der Waals surface area contributed by atoms with Crippen LogP contribution in [0.15, 0.2) is 15.9 Å². The number of hydrogen-bond acceptors (Lipinski definition) is 3. The van der Waals surface area contributed by atoms with Crippen molar-refractivity contribution in [3.8, 4) is 0 Å². The van der Waals surface area contributed by atoms with E-state index in [4.69, 9.17) is 5.11 Å². The highest BCUT2D eigenvalue weighted by Crippen LogP contribution is 2.29. The van der Waals surface area contributed by atoms with Crippen molar-refractivity contribution in [2.75, 3.05) is 11.4 Å². The Hall–Kier alpha value is -0.880. The maximum atomic E-state index is 10.8. The van der Waals surface area contributed by atoms with Crippen molar-refractivity contribution >= 4 is 44.6 Å². The van der Waals surface area contributed by atoms with E-state index in [9.17, 15) is 9.59 Å². The molecule has 0 aliphatic heterocycles. The number of amides is 1. The van der Waals surface area contributed by atoms with Gasteiger partial charge in [-0.3, -0.25) is 9.59 Å². The first kappa shape index (κ1) is 12.2. The van der Waals surface area contributed by atoms with Crippen molar-refractivity contribution in [1.82, 2.24) is 0 Å². The first-order valence-electron chi connectivity index (χ1n) is 4.32. The first-order chi connectivity index (χ1) is 7.13. The number of hydrogen-bond donors (Lipinski definition) is 1. The molecule has 0 aliphatic carbocycles. The molecule has 0 saturated heterocycles. The van der Waals surface area contributed by atoms with E-state index in [2.05, 4.69) is 15.9 Å². The zero-order valence-corrected chi connectivity index (χ0v) is 10.3. The number of halogens is 1. The molecule has 0 saturated carbocycles. The van der Waals surface area contributed by atoms with Crippen molar-refractivity contribution < 1.29 is 14.7 Å². The van der Waals surface area contributed by atoms with Crippen molar-refractivity contribution in [2.45, 2.75) is 12.8 Å². The second-order valence-corrected chi connectivity index (χ2v) is 5.32. The fourth-order valence-corrected chi connectivity index (χ4v) is 2.43. The lowest BCUT2D eigenvalue weighted by Crippen LogP contribution is -2.21. The van der Waals surface area contributed by atoms with Gasteiger partial charge >= 0.3 is 5.97 Å². The third kappa shape index (κ3) is 4.01. The zero-order chi connectivity index (χ0) is 11.3. The van der Waals surface area contributed by atoms with Gasteiger partial charge in [0.15, 0.2) is 0 Å². The summed E-state index contributed by atoms with van der Waals surface area (Å²) < 4.78 is 0.947. The normalized spacial score (nSPS) is 9.93. The van der Waals surface area contributed by atoms with Crippen LogP contribution < -0.4 is 4.90 Å². The molecular formula is C9H10BrNO3S. The lowest BCUT2D eigenvalue weighted by Gasteiger charge is -2.13. The fourth-order valence-electron chi connectivity index (χ4n) is 1.07. The summed E-state index contributed by atoms with van der Waals surface area (Å²) in [5.41, 5.74) is 0. The third-order valence-electron chi connectivity index (χ3n) is 1.76. The molecule has 0 aromatic carbocycles. The van der Waals surface area contributed by atoms with Crippen molar-refractivity contribution in [3.05, 3.63) is 15.9 Å². The molecule has 0 spiro atoms. The van der Waals surface area contributed by atoms with Crippen LogP contribution in [0.2, 0.25) is 0 Å². The molecule has 0 bridgehead atoms. The van der Waals surface area contributed by atoms with Crippen molar-refractivity contribution in [1.29, 1.82) is 0 Å². The molecule has 0 fully saturated rings. The van der Waals surface area contributed by atoms with E-state index in [0.29, 0.717) is 13.0 Å². The van der Waals surface area contributed by atoms with E-state index in [1.54, 1.807) is 0 Å². The van der Waals surface area contributed by atoms with Crippen LogP contribution in [0.4, 0.5) is 5.00 Å². The van der Waals surface area contributed by atoms with Gasteiger partial charge in [-0.25, -0.2) is 0 Å². The smallest absolute Gasteiger partial charge is 0.303 e. The van der Waals surface area contributed by atoms with E-state index in [1.165, 1.54) is 16.2 Å². The second kappa shape index (κ2) is 5.87. The van der Waals surface area contributed by atoms with Gasteiger partial charge in [-0.1, -0.05) is 0 Å². The fraction of sp³-hybridized carbons (Fsp3) is 0.333. The Kier molecular flexibility index (Phi) is 4.77. The topological polar surface area (TPSA) is 57.6 Å². The summed E-state index contributed by atoms with van der Waals surface area (Å²) in [4.78, 5) is 22.6. The molecule has 0 radical (unpaired) electrons. The van der Waals surface area contributed by atoms with Gasteiger partial charge in [0.1, 0.15) is 0 Å². The van der Waals surface area contributed by atoms with E-state index < -0.39 is 5.97 Å². The number of nitrogens with zero attached hydrogens (tertiary/aromatic N) is 1. The van der Waals surface area contributed by atoms with Gasteiger partial charge in [0, 0.05) is 13.0 Å². The van der Waals surface area contributed by atoms with Crippen LogP contribution in [0.3, 0.4) is 0 Å². The van der Waals surface area contributed by atoms with Gasteiger partial charge in [-0.05, 0) is 34.5 Å². The van der Waals surface area contributed by atoms with Gasteiger partial charge in [0.05, 0.1) is 8.79 Å². The van der Waals surface area contributed by atoms with Gasteiger partial charge < -0.3 is 10.0 Å². The molecule has 4 nitrogen and oxygen atoms in total. The lowest BCUT2D eigenvalue weighted by atomic mass is 10.3. The highest BCUT2D eigenvalue weighted by molar-refractivity contribution is 9.11. The van der Waals surface area contributed by atoms with Gasteiger partial charge in [-0.15, -0.1) is 11.3 Å². The number of carbonyl (C=O) groups is 2. The monoisotopic (exact) mass is 291 g/mol. The summed E-state index contributed by atoms with van der Waals surface area (Å²) in [6.45, 7) is 0.433. The summed E-state index contributed by atoms with van der Waals surface area (Å²) >= 11 is 4.75. The number of rotatable bonds is 6. The van der Waals surface area contributed by atoms with Crippen molar-refractivity contribution in [3.63, 3.8) is 0 Å². The second-order valence-electron chi connectivity index (χ2n) is 2.87. The lowest BCUT2D eigenvalue weighted by molar-refractivity contribution is -0.137. The molecule has 0 aliphatic rings. The molecule has 1 amide bonds. The minimum absolute atomic E-state index is 0.0802. The molecule has 1 aromatic rings. The molecular weight excluding hydrogens is 282 g/mol. The van der Waals surface area contributed by atoms with Crippen LogP contribution in [0, 0.1) is 0 Å². The minimum atomic E-state index is -0.840. The summed E-state index contributed by atoms with van der Waals surface area (Å²) in [5, 5.41) is 9.28. The molecule has 1 N–H and O–H groups in total. The van der Waals surface area contributed by atoms with E-state index in [1.807, 2.05) is 12.1 Å². The number of aliphatic carboxylic acids is 1. The Morgan fingerprint density at radius 2 is 2.33 bits per heavy atom. The van der Waals surface area contributed by atoms with Crippen LogP contribution in [0.5, 0.6) is 0 Å². The summed E-state index contributed by atoms with van der Waals surface area (Å²) in [6, 6.07) is 3.68. The highest BCUT2D eigenvalue weighted by Gasteiger charge is 2.08. The van der Waals surface area contributed by atoms with Crippen LogP contribution in [0.1, 0.15) is 12.8 Å². The maximum Gasteiger partial charge on any atom is 0.303 e. The number of anilines is 1. The number of carbonyl (C=O) groups excluding carboxylic acids is 1. The summed E-state index contributed by atoms with van der Waals surface area (Å²) in [6.07, 6.45) is 1.26. The molecule has 1 heterocycles. The van der Waals surface area contributed by atoms with Crippen LogP contribution in [0.25, 0.3) is 0 Å². The Bertz CT molecular complexity index is 353. The van der Waals surface area contributed by atoms with Crippen LogP contribution in [-0.4, -0.2) is 24.0 Å². The van der Waals surface area contributed by atoms with Crippen LogP contribution >= 0.6 is 27.3 Å². The molecule has 15 heavy (non-hydrogen) atoms. The Morgan fingerprint density at radius 1 is 1.60 bits per heavy atom. The highest BCUT2D eigenvalue weighted by atomic mass is 79.9. The Balaban J connectivity index is 2.49. The van der Waals surface area contributed by atoms with Crippen LogP contribution in [-0.2, 0) is 9.59 Å². The Morgan fingerprint density at radius 3 is 2.80 bits per heavy atom. The number of carboxylic acid groups (broad SMARTS) is 1. The van der Waals surface area contributed by atoms with E-state index in [0.717, 1.165) is 15.2 Å². The Labute approximate surface area is 99.6 Å². The molecule has 1 aromatic heterocycles. The molecule has 0 unspecified atom stereocenters. The number of carboxylic acids is 1. The van der Waals surface area contributed by atoms with E-state index in [-0.39, 0.29) is 6.42 Å². The third-order valence-corrected chi connectivity index (χ3v) is 3.42. The predicted molar refractivity (Wildman–Crippen MR) is 62.3 cm³/mol. The molecule has 82 valence electrons. The van der Waals surface area contributed by atoms with Crippen molar-refractivity contribution in [2.24, 2.45) is 0 Å². The predicted octanol–water partition coefficient (Wildman–Crippen LogP) is 2.34. The summed E-state index contributed by atoms with van der Waals surface area (Å²) in [5.74, 6) is -0.840. The average Bonchev–Trinajstić information content (AvgIpc) is 2.59. The van der Waals surface area contributed by atoms with E-state index >= 15 is 0 Å². The SMILES string of the molecule is O=CN(CCCC(=O)O)c1ccc(Br)s1. The van der Waals surface area contributed by atoms with Gasteiger partial charge in [0.2, 0.25) is 6.41 Å².